The van der Waals surface area contributed by atoms with Gasteiger partial charge in [-0.2, -0.15) is 0 Å². The van der Waals surface area contributed by atoms with E-state index in [-0.39, 0.29) is 37.4 Å². The fourth-order valence-corrected chi connectivity index (χ4v) is 2.50. The first-order chi connectivity index (χ1) is 12.6. The van der Waals surface area contributed by atoms with Crippen LogP contribution in [-0.4, -0.2) is 35.1 Å². The molecule has 142 valence electrons. The molecule has 0 bridgehead atoms. The Morgan fingerprint density at radius 1 is 1.19 bits per heavy atom. The first-order valence-electron chi connectivity index (χ1n) is 7.96. The van der Waals surface area contributed by atoms with Gasteiger partial charge in [0.2, 0.25) is 5.89 Å². The molecule has 7 nitrogen and oxygen atoms in total. The molecule has 0 radical (unpaired) electrons. The van der Waals surface area contributed by atoms with Crippen molar-refractivity contribution < 1.29 is 43.3 Å². The van der Waals surface area contributed by atoms with Crippen molar-refractivity contribution >= 4 is 5.78 Å². The number of benzene rings is 1. The minimum absolute atomic E-state index is 0. The van der Waals surface area contributed by atoms with Crippen LogP contribution in [0.25, 0.3) is 11.5 Å². The third kappa shape index (κ3) is 4.71. The maximum Gasteiger partial charge on any atom is 0.226 e. The Balaban J connectivity index is 0.00000261. The predicted octanol–water partition coefficient (Wildman–Crippen LogP) is 3.27. The number of pyridine rings is 1. The first kappa shape index (κ1) is 20.6. The largest absolute Gasteiger partial charge is 0.504 e. The van der Waals surface area contributed by atoms with Crippen LogP contribution in [0.4, 0.5) is 0 Å². The number of nitrogens with zero attached hydrogens (tertiary/aromatic N) is 2. The summed E-state index contributed by atoms with van der Waals surface area (Å²) < 4.78 is 15.6. The Bertz CT molecular complexity index is 926. The van der Waals surface area contributed by atoms with Crippen molar-refractivity contribution in [2.45, 2.75) is 12.8 Å². The number of aromatic nitrogens is 2. The number of methoxy groups -OCH3 is 2. The summed E-state index contributed by atoms with van der Waals surface area (Å²) in [6.07, 6.45) is 3.69. The molecular weight excluding hydrogens is 437 g/mol. The summed E-state index contributed by atoms with van der Waals surface area (Å²) in [5.41, 5.74) is 1.56. The molecule has 27 heavy (non-hydrogen) atoms. The summed E-state index contributed by atoms with van der Waals surface area (Å²) in [4.78, 5) is 20.8. The monoisotopic (exact) mass is 456 g/mol. The van der Waals surface area contributed by atoms with Gasteiger partial charge in [0.05, 0.1) is 19.9 Å². The number of Topliss-reactive ketones (excluding diaryl/α,β-unsaturated/α-hetero) is 1. The van der Waals surface area contributed by atoms with Crippen molar-refractivity contribution in [1.29, 1.82) is 0 Å². The Morgan fingerprint density at radius 2 is 1.96 bits per heavy atom. The number of hydrogen-bond acceptors (Lipinski definition) is 7. The molecule has 3 rings (SSSR count). The number of aromatic hydroxyl groups is 1. The normalized spacial score (nSPS) is 10.1. The summed E-state index contributed by atoms with van der Waals surface area (Å²) in [5, 5.41) is 9.85. The zero-order chi connectivity index (χ0) is 18.5. The van der Waals surface area contributed by atoms with Crippen molar-refractivity contribution in [3.8, 4) is 28.7 Å². The van der Waals surface area contributed by atoms with Crippen LogP contribution in [-0.2, 0) is 25.9 Å². The van der Waals surface area contributed by atoms with Crippen LogP contribution in [0.2, 0.25) is 0 Å². The van der Waals surface area contributed by atoms with Crippen LogP contribution in [0.3, 0.4) is 0 Å². The summed E-state index contributed by atoms with van der Waals surface area (Å²) in [7, 11) is 2.98. The van der Waals surface area contributed by atoms with Gasteiger partial charge in [-0.15, -0.1) is 0 Å². The number of hydrogen-bond donors (Lipinski definition) is 1. The number of carbonyl (C=O) groups is 1. The van der Waals surface area contributed by atoms with Gasteiger partial charge in [-0.3, -0.25) is 4.79 Å². The van der Waals surface area contributed by atoms with E-state index in [1.165, 1.54) is 26.5 Å². The predicted molar refractivity (Wildman–Crippen MR) is 93.6 cm³/mol. The number of rotatable bonds is 7. The molecule has 0 spiro atoms. The molecule has 1 aromatic carbocycles. The summed E-state index contributed by atoms with van der Waals surface area (Å²) in [5.74, 6) is 1.06. The second-order valence-corrected chi connectivity index (χ2v) is 5.51. The number of phenolic OH excluding ortho intramolecular Hbond substituents is 1. The van der Waals surface area contributed by atoms with Crippen LogP contribution in [0.15, 0.2) is 47.2 Å². The minimum atomic E-state index is -0.130. The Hall–Kier alpha value is -2.73. The molecule has 3 aromatic rings. The Morgan fingerprint density at radius 3 is 2.67 bits per heavy atom. The van der Waals surface area contributed by atoms with E-state index in [9.17, 15) is 9.90 Å². The maximum atomic E-state index is 12.3. The third-order valence-electron chi connectivity index (χ3n) is 3.84. The number of ketones is 1. The van der Waals surface area contributed by atoms with E-state index >= 15 is 0 Å². The molecule has 0 aliphatic heterocycles. The Labute approximate surface area is 169 Å². The van der Waals surface area contributed by atoms with Crippen LogP contribution in [0.1, 0.15) is 22.6 Å². The van der Waals surface area contributed by atoms with Gasteiger partial charge >= 0.3 is 0 Å². The molecule has 0 saturated heterocycles. The van der Waals surface area contributed by atoms with Gasteiger partial charge in [-0.1, -0.05) is 0 Å². The summed E-state index contributed by atoms with van der Waals surface area (Å²) in [6.45, 7) is 0. The zero-order valence-corrected chi connectivity index (χ0v) is 16.5. The van der Waals surface area contributed by atoms with Crippen molar-refractivity contribution in [1.82, 2.24) is 9.97 Å². The molecular formula is C19H18N2O5Ru. The fraction of sp³-hybridized carbons (Fsp3) is 0.211. The molecule has 1 N–H and O–H groups in total. The summed E-state index contributed by atoms with van der Waals surface area (Å²) in [6, 6.07) is 8.29. The topological polar surface area (TPSA) is 94.7 Å². The van der Waals surface area contributed by atoms with Crippen molar-refractivity contribution in [3.63, 3.8) is 0 Å². The van der Waals surface area contributed by atoms with Gasteiger partial charge in [0.25, 0.3) is 0 Å². The van der Waals surface area contributed by atoms with Crippen molar-refractivity contribution in [3.05, 3.63) is 54.2 Å². The molecule has 0 amide bonds. The molecule has 8 heteroatoms. The fourth-order valence-electron chi connectivity index (χ4n) is 2.50. The number of ether oxygens (including phenoxy) is 2. The van der Waals surface area contributed by atoms with Crippen LogP contribution >= 0.6 is 0 Å². The first-order valence-corrected chi connectivity index (χ1v) is 7.96. The molecule has 0 atom stereocenters. The average Bonchev–Trinajstić information content (AvgIpc) is 3.15. The molecule has 0 saturated carbocycles. The molecule has 2 heterocycles. The van der Waals surface area contributed by atoms with Crippen LogP contribution < -0.4 is 9.47 Å². The second-order valence-electron chi connectivity index (χ2n) is 5.51. The van der Waals surface area contributed by atoms with E-state index in [1.807, 2.05) is 0 Å². The van der Waals surface area contributed by atoms with E-state index in [1.54, 1.807) is 30.5 Å². The zero-order valence-electron chi connectivity index (χ0n) is 14.8. The van der Waals surface area contributed by atoms with Crippen LogP contribution in [0, 0.1) is 0 Å². The van der Waals surface area contributed by atoms with Gasteiger partial charge in [0.15, 0.2) is 17.3 Å². The maximum absolute atomic E-state index is 12.3. The van der Waals surface area contributed by atoms with E-state index in [0.717, 1.165) is 0 Å². The SMILES string of the molecule is COc1ccc(-c2nc(CCC(=O)c3ncccc3OC)co2)cc1O.[Ru]. The van der Waals surface area contributed by atoms with Gasteiger partial charge in [0.1, 0.15) is 17.7 Å². The van der Waals surface area contributed by atoms with Gasteiger partial charge < -0.3 is 19.0 Å². The summed E-state index contributed by atoms with van der Waals surface area (Å²) >= 11 is 0. The Kier molecular flexibility index (Phi) is 7.07. The second kappa shape index (κ2) is 9.28. The van der Waals surface area contributed by atoms with Gasteiger partial charge in [-0.05, 0) is 30.3 Å². The number of carbonyl (C=O) groups excluding carboxylic acids is 1. The van der Waals surface area contributed by atoms with E-state index in [4.69, 9.17) is 13.9 Å². The van der Waals surface area contributed by atoms with Crippen LogP contribution in [0.5, 0.6) is 17.2 Å². The number of aryl methyl sites for hydroxylation is 1. The van der Waals surface area contributed by atoms with Gasteiger partial charge in [-0.25, -0.2) is 9.97 Å². The average molecular weight is 455 g/mol. The van der Waals surface area contributed by atoms with Gasteiger partial charge in [0, 0.05) is 44.1 Å². The van der Waals surface area contributed by atoms with E-state index in [0.29, 0.717) is 40.8 Å². The standard InChI is InChI=1S/C19H18N2O5.Ru/c1-24-16-8-5-12(10-15(16)23)19-21-13(11-26-19)6-7-14(22)18-17(25-2)4-3-9-20-18;/h3-5,8-11,23H,6-7H2,1-2H3;. The minimum Gasteiger partial charge on any atom is -0.504 e. The molecule has 0 aliphatic rings. The third-order valence-corrected chi connectivity index (χ3v) is 3.84. The number of oxazole rings is 1. The molecule has 2 aromatic heterocycles. The van der Waals surface area contributed by atoms with Crippen molar-refractivity contribution in [2.24, 2.45) is 0 Å². The smallest absolute Gasteiger partial charge is 0.226 e. The molecule has 0 unspecified atom stereocenters. The van der Waals surface area contributed by atoms with Crippen molar-refractivity contribution in [2.75, 3.05) is 14.2 Å². The quantitative estimate of drug-likeness (QED) is 0.432. The number of phenols is 1. The van der Waals surface area contributed by atoms with E-state index in [2.05, 4.69) is 9.97 Å². The molecule has 0 aliphatic carbocycles. The molecule has 0 fully saturated rings. The van der Waals surface area contributed by atoms with E-state index < -0.39 is 0 Å².